The van der Waals surface area contributed by atoms with Crippen LogP contribution in [0.2, 0.25) is 0 Å². The molecule has 2 aliphatic heterocycles. The Balaban J connectivity index is 1.96. The average Bonchev–Trinajstić information content (AvgIpc) is 2.82. The zero-order valence-corrected chi connectivity index (χ0v) is 17.1. The lowest BCUT2D eigenvalue weighted by Gasteiger charge is -2.32. The van der Waals surface area contributed by atoms with Gasteiger partial charge >= 0.3 is 0 Å². The molecular weight excluding hydrogens is 330 g/mol. The predicted molar refractivity (Wildman–Crippen MR) is 101 cm³/mol. The van der Waals surface area contributed by atoms with Crippen molar-refractivity contribution in [2.45, 2.75) is 65.8 Å². The van der Waals surface area contributed by atoms with Gasteiger partial charge in [0.05, 0.1) is 5.92 Å². The highest BCUT2D eigenvalue weighted by Gasteiger charge is 2.41. The largest absolute Gasteiger partial charge is 0.341 e. The first kappa shape index (κ1) is 20.7. The second kappa shape index (κ2) is 8.40. The molecule has 2 heterocycles. The summed E-state index contributed by atoms with van der Waals surface area (Å²) in [6, 6.07) is 0. The minimum absolute atomic E-state index is 0.0659. The number of amides is 3. The molecule has 26 heavy (non-hydrogen) atoms. The van der Waals surface area contributed by atoms with Gasteiger partial charge in [0.1, 0.15) is 0 Å². The maximum Gasteiger partial charge on any atom is 0.228 e. The third-order valence-electron chi connectivity index (χ3n) is 5.74. The third-order valence-corrected chi connectivity index (χ3v) is 5.74. The molecule has 0 saturated carbocycles. The van der Waals surface area contributed by atoms with Crippen LogP contribution in [0.1, 0.15) is 60.3 Å². The monoisotopic (exact) mass is 365 g/mol. The van der Waals surface area contributed by atoms with Crippen LogP contribution in [0.15, 0.2) is 0 Å². The van der Waals surface area contributed by atoms with Crippen molar-refractivity contribution in [1.82, 2.24) is 14.7 Å². The summed E-state index contributed by atoms with van der Waals surface area (Å²) in [5.41, 5.74) is -0.247. The summed E-state index contributed by atoms with van der Waals surface area (Å²) in [6.07, 6.45) is 2.84. The van der Waals surface area contributed by atoms with E-state index in [0.29, 0.717) is 32.6 Å². The molecule has 0 aromatic carbocycles. The molecule has 2 rings (SSSR count). The van der Waals surface area contributed by atoms with Crippen LogP contribution in [-0.4, -0.2) is 70.7 Å². The average molecular weight is 366 g/mol. The normalized spacial score (nSPS) is 22.2. The predicted octanol–water partition coefficient (Wildman–Crippen LogP) is 2.13. The van der Waals surface area contributed by atoms with Gasteiger partial charge in [0, 0.05) is 50.6 Å². The van der Waals surface area contributed by atoms with Crippen molar-refractivity contribution in [3.63, 3.8) is 0 Å². The Morgan fingerprint density at radius 2 is 1.62 bits per heavy atom. The highest BCUT2D eigenvalue weighted by Crippen LogP contribution is 2.27. The van der Waals surface area contributed by atoms with E-state index in [0.717, 1.165) is 25.8 Å². The van der Waals surface area contributed by atoms with Crippen molar-refractivity contribution in [3.05, 3.63) is 0 Å². The lowest BCUT2D eigenvalue weighted by Crippen LogP contribution is -2.44. The first-order chi connectivity index (χ1) is 12.2. The molecule has 0 aliphatic carbocycles. The number of likely N-dealkylation sites (tertiary alicyclic amines) is 1. The molecular formula is C20H35N3O3. The maximum absolute atomic E-state index is 12.9. The smallest absolute Gasteiger partial charge is 0.228 e. The van der Waals surface area contributed by atoms with E-state index in [-0.39, 0.29) is 35.1 Å². The molecule has 6 heteroatoms. The van der Waals surface area contributed by atoms with E-state index in [2.05, 4.69) is 13.8 Å². The molecule has 2 aliphatic rings. The molecule has 6 nitrogen and oxygen atoms in total. The number of hydrogen-bond donors (Lipinski definition) is 0. The van der Waals surface area contributed by atoms with E-state index in [9.17, 15) is 14.4 Å². The zero-order valence-electron chi connectivity index (χ0n) is 17.1. The van der Waals surface area contributed by atoms with Crippen LogP contribution in [0.3, 0.4) is 0 Å². The molecule has 0 radical (unpaired) electrons. The summed E-state index contributed by atoms with van der Waals surface area (Å²) in [5.74, 6) is 0.199. The molecule has 0 bridgehead atoms. The molecule has 0 spiro atoms. The van der Waals surface area contributed by atoms with Crippen LogP contribution in [0.5, 0.6) is 0 Å². The second-order valence-corrected chi connectivity index (χ2v) is 8.59. The Labute approximate surface area is 157 Å². The lowest BCUT2D eigenvalue weighted by atomic mass is 10.0. The summed E-state index contributed by atoms with van der Waals surface area (Å²) in [6.45, 7) is 13.2. The fourth-order valence-corrected chi connectivity index (χ4v) is 4.03. The standard InChI is InChI=1S/C20H35N3O3/c1-6-15(7-2)18(25)21-9-8-10-22(12-11-21)19(26)16-13-17(24)23(14-16)20(3,4)5/h15-16H,6-14H2,1-5H3. The van der Waals surface area contributed by atoms with E-state index in [1.165, 1.54) is 0 Å². The zero-order chi connectivity index (χ0) is 19.5. The molecule has 0 aromatic heterocycles. The SMILES string of the molecule is CCC(CC)C(=O)N1CCCN(C(=O)C2CC(=O)N(C(C)(C)C)C2)CC1. The highest BCUT2D eigenvalue weighted by molar-refractivity contribution is 5.89. The van der Waals surface area contributed by atoms with Crippen LogP contribution < -0.4 is 0 Å². The van der Waals surface area contributed by atoms with Gasteiger partial charge in [-0.3, -0.25) is 14.4 Å². The van der Waals surface area contributed by atoms with Crippen LogP contribution in [-0.2, 0) is 14.4 Å². The molecule has 1 atom stereocenters. The van der Waals surface area contributed by atoms with Crippen LogP contribution in [0.4, 0.5) is 0 Å². The fourth-order valence-electron chi connectivity index (χ4n) is 4.03. The van der Waals surface area contributed by atoms with Crippen molar-refractivity contribution < 1.29 is 14.4 Å². The van der Waals surface area contributed by atoms with Crippen molar-refractivity contribution in [2.24, 2.45) is 11.8 Å². The number of hydrogen-bond acceptors (Lipinski definition) is 3. The van der Waals surface area contributed by atoms with Crippen LogP contribution >= 0.6 is 0 Å². The van der Waals surface area contributed by atoms with Gasteiger partial charge in [-0.05, 0) is 40.0 Å². The summed E-state index contributed by atoms with van der Waals surface area (Å²) in [4.78, 5) is 43.4. The molecule has 2 saturated heterocycles. The van der Waals surface area contributed by atoms with Crippen molar-refractivity contribution in [3.8, 4) is 0 Å². The number of rotatable bonds is 4. The minimum Gasteiger partial charge on any atom is -0.341 e. The number of carbonyl (C=O) groups excluding carboxylic acids is 3. The first-order valence-corrected chi connectivity index (χ1v) is 10.1. The van der Waals surface area contributed by atoms with Crippen LogP contribution in [0.25, 0.3) is 0 Å². The summed E-state index contributed by atoms with van der Waals surface area (Å²) < 4.78 is 0. The molecule has 3 amide bonds. The van der Waals surface area contributed by atoms with Crippen LogP contribution in [0, 0.1) is 11.8 Å². The third kappa shape index (κ3) is 4.57. The Bertz CT molecular complexity index is 537. The minimum atomic E-state index is -0.247. The topological polar surface area (TPSA) is 60.9 Å². The van der Waals surface area contributed by atoms with Crippen molar-refractivity contribution in [1.29, 1.82) is 0 Å². The number of carbonyl (C=O) groups is 3. The van der Waals surface area contributed by atoms with Crippen molar-refractivity contribution >= 4 is 17.7 Å². The maximum atomic E-state index is 12.9. The van der Waals surface area contributed by atoms with Gasteiger partial charge in [0.15, 0.2) is 0 Å². The van der Waals surface area contributed by atoms with E-state index < -0.39 is 0 Å². The van der Waals surface area contributed by atoms with Gasteiger partial charge in [-0.1, -0.05) is 13.8 Å². The molecule has 1 unspecified atom stereocenters. The number of nitrogens with zero attached hydrogens (tertiary/aromatic N) is 3. The Hall–Kier alpha value is -1.59. The molecule has 2 fully saturated rings. The van der Waals surface area contributed by atoms with Gasteiger partial charge in [-0.2, -0.15) is 0 Å². The summed E-state index contributed by atoms with van der Waals surface area (Å²) >= 11 is 0. The van der Waals surface area contributed by atoms with Gasteiger partial charge in [-0.25, -0.2) is 0 Å². The van der Waals surface area contributed by atoms with Gasteiger partial charge in [-0.15, -0.1) is 0 Å². The summed E-state index contributed by atoms with van der Waals surface area (Å²) in [7, 11) is 0. The van der Waals surface area contributed by atoms with Gasteiger partial charge < -0.3 is 14.7 Å². The van der Waals surface area contributed by atoms with Gasteiger partial charge in [0.25, 0.3) is 0 Å². The Kier molecular flexibility index (Phi) is 6.69. The molecule has 0 aromatic rings. The Morgan fingerprint density at radius 1 is 1.04 bits per heavy atom. The quantitative estimate of drug-likeness (QED) is 0.767. The first-order valence-electron chi connectivity index (χ1n) is 10.1. The fraction of sp³-hybridized carbons (Fsp3) is 0.850. The lowest BCUT2D eigenvalue weighted by molar-refractivity contribution is -0.138. The van der Waals surface area contributed by atoms with E-state index in [1.54, 1.807) is 0 Å². The molecule has 0 N–H and O–H groups in total. The summed E-state index contributed by atoms with van der Waals surface area (Å²) in [5, 5.41) is 0. The second-order valence-electron chi connectivity index (χ2n) is 8.59. The van der Waals surface area contributed by atoms with Gasteiger partial charge in [0.2, 0.25) is 17.7 Å². The Morgan fingerprint density at radius 3 is 2.15 bits per heavy atom. The molecule has 148 valence electrons. The van der Waals surface area contributed by atoms with Crippen molar-refractivity contribution in [2.75, 3.05) is 32.7 Å². The highest BCUT2D eigenvalue weighted by atomic mass is 16.2. The van der Waals surface area contributed by atoms with E-state index in [4.69, 9.17) is 0 Å². The van der Waals surface area contributed by atoms with E-state index >= 15 is 0 Å². The van der Waals surface area contributed by atoms with E-state index in [1.807, 2.05) is 35.5 Å².